The number of allylic oxidation sites excluding steroid dienone is 1. The standard InChI is InChI=1S/C28H29ClN6OS/c1-28-13-19(28)16-37-24-12-21(5-6-22(24)28)33-25-23(29)15-32-27(35-25)34-20-4-2-3-18(11-20)26(36)31-14-17-7-9-30-10-8-17/h2-6,11-12,15-17,30H,7-10,13-14H2,1H3,(H,31,36)(H2,32,33,34,35). The molecule has 6 rings (SSSR count). The summed E-state index contributed by atoms with van der Waals surface area (Å²) in [7, 11) is 0. The van der Waals surface area contributed by atoms with Gasteiger partial charge in [0.05, 0.1) is 6.20 Å². The summed E-state index contributed by atoms with van der Waals surface area (Å²) in [6.07, 6.45) is 4.90. The summed E-state index contributed by atoms with van der Waals surface area (Å²) >= 11 is 8.19. The molecule has 0 radical (unpaired) electrons. The molecule has 9 heteroatoms. The van der Waals surface area contributed by atoms with E-state index in [0.717, 1.165) is 43.7 Å². The second-order valence-electron chi connectivity index (χ2n) is 10.1. The lowest BCUT2D eigenvalue weighted by Crippen LogP contribution is -2.35. The number of anilines is 4. The Morgan fingerprint density at radius 1 is 1.16 bits per heavy atom. The fraction of sp³-hybridized carbons (Fsp3) is 0.321. The van der Waals surface area contributed by atoms with Crippen LogP contribution in [0.1, 0.15) is 42.1 Å². The number of carbonyl (C=O) groups is 1. The van der Waals surface area contributed by atoms with Crippen LogP contribution in [0.15, 0.2) is 64.5 Å². The van der Waals surface area contributed by atoms with Crippen molar-refractivity contribution in [2.45, 2.75) is 36.5 Å². The lowest BCUT2D eigenvalue weighted by molar-refractivity contribution is 0.0944. The van der Waals surface area contributed by atoms with E-state index in [1.54, 1.807) is 18.0 Å². The quantitative estimate of drug-likeness (QED) is 0.297. The van der Waals surface area contributed by atoms with E-state index >= 15 is 0 Å². The molecule has 2 fully saturated rings. The number of halogens is 1. The predicted octanol–water partition coefficient (Wildman–Crippen LogP) is 6.00. The van der Waals surface area contributed by atoms with Gasteiger partial charge in [0.1, 0.15) is 5.02 Å². The Balaban J connectivity index is 1.13. The minimum atomic E-state index is -0.0751. The van der Waals surface area contributed by atoms with E-state index < -0.39 is 0 Å². The average molecular weight is 533 g/mol. The number of carbonyl (C=O) groups excluding carboxylic acids is 1. The van der Waals surface area contributed by atoms with Crippen molar-refractivity contribution in [1.82, 2.24) is 20.6 Å². The zero-order valence-corrected chi connectivity index (χ0v) is 22.2. The van der Waals surface area contributed by atoms with Gasteiger partial charge in [-0.3, -0.25) is 4.79 Å². The van der Waals surface area contributed by atoms with E-state index in [9.17, 15) is 4.79 Å². The molecule has 0 bridgehead atoms. The fourth-order valence-corrected chi connectivity index (χ4v) is 6.37. The molecule has 1 aromatic heterocycles. The van der Waals surface area contributed by atoms with Gasteiger partial charge in [-0.05, 0) is 79.6 Å². The van der Waals surface area contributed by atoms with E-state index in [4.69, 9.17) is 11.6 Å². The van der Waals surface area contributed by atoms with Crippen LogP contribution in [0, 0.1) is 5.92 Å². The summed E-state index contributed by atoms with van der Waals surface area (Å²) in [4.78, 5) is 22.9. The number of piperidine rings is 1. The van der Waals surface area contributed by atoms with E-state index in [0.29, 0.717) is 34.8 Å². The highest BCUT2D eigenvalue weighted by Gasteiger charge is 2.48. The number of hydrogen-bond acceptors (Lipinski definition) is 7. The lowest BCUT2D eigenvalue weighted by atomic mass is 9.97. The summed E-state index contributed by atoms with van der Waals surface area (Å²) in [6.45, 7) is 5.03. The van der Waals surface area contributed by atoms with Gasteiger partial charge in [0, 0.05) is 33.8 Å². The minimum Gasteiger partial charge on any atom is -0.352 e. The van der Waals surface area contributed by atoms with Crippen LogP contribution >= 0.6 is 23.4 Å². The molecule has 1 saturated heterocycles. The van der Waals surface area contributed by atoms with Gasteiger partial charge in [0.25, 0.3) is 5.91 Å². The zero-order valence-electron chi connectivity index (χ0n) is 20.6. The van der Waals surface area contributed by atoms with Gasteiger partial charge in [-0.2, -0.15) is 4.98 Å². The molecule has 4 N–H and O–H groups in total. The first-order chi connectivity index (χ1) is 18.0. The second kappa shape index (κ2) is 10.0. The Labute approximate surface area is 225 Å². The van der Waals surface area contributed by atoms with Crippen molar-refractivity contribution in [3.63, 3.8) is 0 Å². The number of amides is 1. The van der Waals surface area contributed by atoms with Gasteiger partial charge in [0.2, 0.25) is 5.95 Å². The van der Waals surface area contributed by atoms with Gasteiger partial charge < -0.3 is 21.3 Å². The molecule has 3 heterocycles. The number of nitrogens with one attached hydrogen (secondary N) is 4. The first-order valence-electron chi connectivity index (χ1n) is 12.6. The maximum Gasteiger partial charge on any atom is 0.251 e. The Morgan fingerprint density at radius 3 is 2.86 bits per heavy atom. The van der Waals surface area contributed by atoms with Crippen LogP contribution in [-0.2, 0) is 5.41 Å². The highest BCUT2D eigenvalue weighted by Crippen LogP contribution is 2.60. The van der Waals surface area contributed by atoms with Crippen LogP contribution in [-0.4, -0.2) is 35.5 Å². The van der Waals surface area contributed by atoms with Crippen molar-refractivity contribution in [2.75, 3.05) is 30.3 Å². The van der Waals surface area contributed by atoms with Gasteiger partial charge >= 0.3 is 0 Å². The molecular weight excluding hydrogens is 504 g/mol. The molecule has 1 saturated carbocycles. The number of benzene rings is 2. The molecule has 1 unspecified atom stereocenters. The number of nitrogens with zero attached hydrogens (tertiary/aromatic N) is 2. The molecular formula is C28H29ClN6OS. The molecule has 2 aromatic carbocycles. The van der Waals surface area contributed by atoms with Crippen molar-refractivity contribution in [1.29, 1.82) is 0 Å². The first-order valence-corrected chi connectivity index (χ1v) is 13.9. The number of hydrogen-bond donors (Lipinski definition) is 4. The Hall–Kier alpha value is -3.07. The molecule has 2 aliphatic heterocycles. The van der Waals surface area contributed by atoms with E-state index in [-0.39, 0.29) is 11.3 Å². The average Bonchev–Trinajstić information content (AvgIpc) is 3.61. The molecule has 3 aromatic rings. The van der Waals surface area contributed by atoms with Crippen LogP contribution < -0.4 is 21.3 Å². The second-order valence-corrected chi connectivity index (χ2v) is 11.4. The highest BCUT2D eigenvalue weighted by molar-refractivity contribution is 8.02. The Morgan fingerprint density at radius 2 is 2.00 bits per heavy atom. The summed E-state index contributed by atoms with van der Waals surface area (Å²) in [5.41, 5.74) is 5.36. The SMILES string of the molecule is CC12CC1=CSc1cc(Nc3nc(Nc4cccc(C(=O)NCC5CCNCC5)c4)ncc3Cl)ccc12. The molecule has 3 aliphatic rings. The Bertz CT molecular complexity index is 1390. The third-order valence-electron chi connectivity index (χ3n) is 7.43. The van der Waals surface area contributed by atoms with Crippen LogP contribution in [0.4, 0.5) is 23.1 Å². The maximum atomic E-state index is 12.7. The lowest BCUT2D eigenvalue weighted by Gasteiger charge is -2.22. The molecule has 190 valence electrons. The summed E-state index contributed by atoms with van der Waals surface area (Å²) in [5.74, 6) is 1.36. The normalized spacial score (nSPS) is 20.3. The van der Waals surface area contributed by atoms with Crippen molar-refractivity contribution < 1.29 is 4.79 Å². The van der Waals surface area contributed by atoms with E-state index in [1.165, 1.54) is 16.0 Å². The van der Waals surface area contributed by atoms with Crippen LogP contribution in [0.2, 0.25) is 5.02 Å². The smallest absolute Gasteiger partial charge is 0.251 e. The largest absolute Gasteiger partial charge is 0.352 e. The molecule has 1 aliphatic carbocycles. The van der Waals surface area contributed by atoms with Gasteiger partial charge in [0.15, 0.2) is 5.82 Å². The molecule has 37 heavy (non-hydrogen) atoms. The van der Waals surface area contributed by atoms with Crippen LogP contribution in [0.3, 0.4) is 0 Å². The number of thioether (sulfide) groups is 1. The summed E-state index contributed by atoms with van der Waals surface area (Å²) in [6, 6.07) is 13.8. The van der Waals surface area contributed by atoms with Crippen molar-refractivity contribution >= 4 is 52.4 Å². The number of fused-ring (bicyclic) bond motifs is 3. The molecule has 1 amide bonds. The predicted molar refractivity (Wildman–Crippen MR) is 150 cm³/mol. The van der Waals surface area contributed by atoms with Gasteiger partial charge in [-0.1, -0.05) is 48.0 Å². The summed E-state index contributed by atoms with van der Waals surface area (Å²) < 4.78 is 0. The van der Waals surface area contributed by atoms with Crippen LogP contribution in [0.25, 0.3) is 0 Å². The van der Waals surface area contributed by atoms with Gasteiger partial charge in [-0.15, -0.1) is 0 Å². The molecule has 1 atom stereocenters. The monoisotopic (exact) mass is 532 g/mol. The fourth-order valence-electron chi connectivity index (χ4n) is 5.01. The molecule has 7 nitrogen and oxygen atoms in total. The number of aromatic nitrogens is 2. The number of rotatable bonds is 7. The van der Waals surface area contributed by atoms with E-state index in [2.05, 4.69) is 61.8 Å². The third-order valence-corrected chi connectivity index (χ3v) is 8.70. The molecule has 0 spiro atoms. The summed E-state index contributed by atoms with van der Waals surface area (Å²) in [5, 5.41) is 15.7. The minimum absolute atomic E-state index is 0.0751. The Kier molecular flexibility index (Phi) is 6.56. The van der Waals surface area contributed by atoms with Crippen molar-refractivity contribution in [3.8, 4) is 0 Å². The topological polar surface area (TPSA) is 91.0 Å². The third kappa shape index (κ3) is 5.19. The van der Waals surface area contributed by atoms with Gasteiger partial charge in [-0.25, -0.2) is 4.98 Å². The van der Waals surface area contributed by atoms with Crippen molar-refractivity contribution in [3.05, 3.63) is 75.8 Å². The maximum absolute atomic E-state index is 12.7. The van der Waals surface area contributed by atoms with Crippen LogP contribution in [0.5, 0.6) is 0 Å². The first kappa shape index (κ1) is 24.3. The van der Waals surface area contributed by atoms with E-state index in [1.807, 2.05) is 24.3 Å². The highest BCUT2D eigenvalue weighted by atomic mass is 35.5. The van der Waals surface area contributed by atoms with Crippen molar-refractivity contribution in [2.24, 2.45) is 5.92 Å². The zero-order chi connectivity index (χ0) is 25.4.